The lowest BCUT2D eigenvalue weighted by molar-refractivity contribution is -0.130. The molecule has 4 heteroatoms. The molecule has 0 aromatic heterocycles. The maximum atomic E-state index is 13.2. The highest BCUT2D eigenvalue weighted by Crippen LogP contribution is 2.21. The predicted octanol–water partition coefficient (Wildman–Crippen LogP) is 3.26. The van der Waals surface area contributed by atoms with Gasteiger partial charge in [0.05, 0.1) is 5.02 Å². The SMILES string of the molecule is COC(C(=O)Cc1cccc(F)c1Cl)C(C)C. The highest BCUT2D eigenvalue weighted by atomic mass is 35.5. The van der Waals surface area contributed by atoms with E-state index in [0.717, 1.165) is 0 Å². The Labute approximate surface area is 106 Å². The minimum Gasteiger partial charge on any atom is -0.373 e. The molecule has 17 heavy (non-hydrogen) atoms. The molecule has 1 unspecified atom stereocenters. The van der Waals surface area contributed by atoms with Gasteiger partial charge in [0.1, 0.15) is 11.9 Å². The fourth-order valence-corrected chi connectivity index (χ4v) is 1.94. The van der Waals surface area contributed by atoms with Gasteiger partial charge in [0, 0.05) is 13.5 Å². The van der Waals surface area contributed by atoms with E-state index in [0.29, 0.717) is 5.56 Å². The van der Waals surface area contributed by atoms with Gasteiger partial charge in [-0.25, -0.2) is 4.39 Å². The third-order valence-corrected chi connectivity index (χ3v) is 3.00. The van der Waals surface area contributed by atoms with Crippen LogP contribution in [0.25, 0.3) is 0 Å². The number of halogens is 2. The summed E-state index contributed by atoms with van der Waals surface area (Å²) in [6, 6.07) is 4.46. The van der Waals surface area contributed by atoms with E-state index in [1.807, 2.05) is 13.8 Å². The summed E-state index contributed by atoms with van der Waals surface area (Å²) in [5.74, 6) is -0.509. The molecule has 0 amide bonds. The van der Waals surface area contributed by atoms with Gasteiger partial charge in [-0.15, -0.1) is 0 Å². The van der Waals surface area contributed by atoms with Gasteiger partial charge in [-0.1, -0.05) is 37.6 Å². The van der Waals surface area contributed by atoms with Crippen molar-refractivity contribution >= 4 is 17.4 Å². The monoisotopic (exact) mass is 258 g/mol. The molecule has 0 saturated carbocycles. The summed E-state index contributed by atoms with van der Waals surface area (Å²) in [6.07, 6.45) is -0.387. The molecule has 1 aromatic rings. The minimum absolute atomic E-state index is 0.0134. The number of Topliss-reactive ketones (excluding diaryl/α,β-unsaturated/α-hetero) is 1. The average Bonchev–Trinajstić information content (AvgIpc) is 2.25. The van der Waals surface area contributed by atoms with E-state index in [1.54, 1.807) is 12.1 Å². The van der Waals surface area contributed by atoms with Crippen molar-refractivity contribution in [2.24, 2.45) is 5.92 Å². The molecule has 94 valence electrons. The van der Waals surface area contributed by atoms with Crippen LogP contribution in [0, 0.1) is 11.7 Å². The second kappa shape index (κ2) is 6.12. The van der Waals surface area contributed by atoms with E-state index < -0.39 is 11.9 Å². The quantitative estimate of drug-likeness (QED) is 0.810. The Balaban J connectivity index is 2.84. The van der Waals surface area contributed by atoms with Gasteiger partial charge >= 0.3 is 0 Å². The normalized spacial score (nSPS) is 12.8. The van der Waals surface area contributed by atoms with Crippen LogP contribution in [0.4, 0.5) is 4.39 Å². The molecule has 0 aliphatic heterocycles. The fourth-order valence-electron chi connectivity index (χ4n) is 1.75. The smallest absolute Gasteiger partial charge is 0.166 e. The van der Waals surface area contributed by atoms with Gasteiger partial charge in [0.2, 0.25) is 0 Å². The molecule has 0 saturated heterocycles. The molecule has 0 bridgehead atoms. The molecule has 1 atom stereocenters. The van der Waals surface area contributed by atoms with Gasteiger partial charge in [0.25, 0.3) is 0 Å². The van der Waals surface area contributed by atoms with Crippen LogP contribution in [0.2, 0.25) is 5.02 Å². The fraction of sp³-hybridized carbons (Fsp3) is 0.462. The molecule has 0 N–H and O–H groups in total. The largest absolute Gasteiger partial charge is 0.373 e. The third-order valence-electron chi connectivity index (χ3n) is 2.57. The van der Waals surface area contributed by atoms with Gasteiger partial charge in [-0.05, 0) is 17.5 Å². The molecule has 2 nitrogen and oxygen atoms in total. The first kappa shape index (κ1) is 14.1. The zero-order chi connectivity index (χ0) is 13.0. The molecule has 1 aromatic carbocycles. The van der Waals surface area contributed by atoms with Gasteiger partial charge in [-0.2, -0.15) is 0 Å². The number of ketones is 1. The van der Waals surface area contributed by atoms with Gasteiger partial charge in [-0.3, -0.25) is 4.79 Å². The molecular weight excluding hydrogens is 243 g/mol. The van der Waals surface area contributed by atoms with Crippen molar-refractivity contribution in [1.82, 2.24) is 0 Å². The average molecular weight is 259 g/mol. The van der Waals surface area contributed by atoms with Crippen molar-refractivity contribution in [2.75, 3.05) is 7.11 Å². The molecular formula is C13H16ClFO2. The zero-order valence-electron chi connectivity index (χ0n) is 10.2. The summed E-state index contributed by atoms with van der Waals surface area (Å²) < 4.78 is 18.3. The summed E-state index contributed by atoms with van der Waals surface area (Å²) in [4.78, 5) is 11.9. The zero-order valence-corrected chi connectivity index (χ0v) is 10.9. The van der Waals surface area contributed by atoms with Crippen LogP contribution >= 0.6 is 11.6 Å². The van der Waals surface area contributed by atoms with Crippen molar-refractivity contribution in [1.29, 1.82) is 0 Å². The summed E-state index contributed by atoms with van der Waals surface area (Å²) in [5.41, 5.74) is 0.499. The molecule has 0 heterocycles. The second-order valence-electron chi connectivity index (χ2n) is 4.26. The Kier molecular flexibility index (Phi) is 5.09. The number of rotatable bonds is 5. The minimum atomic E-state index is -0.504. The molecule has 0 aliphatic carbocycles. The summed E-state index contributed by atoms with van der Waals surface area (Å²) in [6.45, 7) is 3.80. The van der Waals surface area contributed by atoms with E-state index in [4.69, 9.17) is 16.3 Å². The van der Waals surface area contributed by atoms with Crippen LogP contribution < -0.4 is 0 Å². The molecule has 0 fully saturated rings. The van der Waals surface area contributed by atoms with Crippen molar-refractivity contribution < 1.29 is 13.9 Å². The lowest BCUT2D eigenvalue weighted by atomic mass is 9.98. The Hall–Kier alpha value is -0.930. The van der Waals surface area contributed by atoms with Crippen LogP contribution in [-0.2, 0) is 16.0 Å². The summed E-state index contributed by atoms with van der Waals surface area (Å²) in [5, 5.41) is 0.0134. The lowest BCUT2D eigenvalue weighted by Gasteiger charge is -2.18. The number of carbonyl (C=O) groups excluding carboxylic acids is 1. The maximum absolute atomic E-state index is 13.2. The number of hydrogen-bond donors (Lipinski definition) is 0. The van der Waals surface area contributed by atoms with Crippen LogP contribution in [0.3, 0.4) is 0 Å². The molecule has 0 aliphatic rings. The highest BCUT2D eigenvalue weighted by molar-refractivity contribution is 6.31. The molecule has 0 spiro atoms. The van der Waals surface area contributed by atoms with Crippen molar-refractivity contribution in [3.63, 3.8) is 0 Å². The van der Waals surface area contributed by atoms with Crippen molar-refractivity contribution in [3.05, 3.63) is 34.6 Å². The second-order valence-corrected chi connectivity index (χ2v) is 4.63. The van der Waals surface area contributed by atoms with E-state index in [1.165, 1.54) is 13.2 Å². The van der Waals surface area contributed by atoms with E-state index in [-0.39, 0.29) is 23.1 Å². The predicted molar refractivity (Wildman–Crippen MR) is 65.8 cm³/mol. The van der Waals surface area contributed by atoms with Crippen LogP contribution in [0.15, 0.2) is 18.2 Å². The van der Waals surface area contributed by atoms with E-state index in [9.17, 15) is 9.18 Å². The first-order valence-corrected chi connectivity index (χ1v) is 5.83. The number of ether oxygens (including phenoxy) is 1. The number of carbonyl (C=O) groups is 1. The first-order valence-electron chi connectivity index (χ1n) is 5.45. The van der Waals surface area contributed by atoms with Crippen molar-refractivity contribution in [3.8, 4) is 0 Å². The third kappa shape index (κ3) is 3.51. The Morgan fingerprint density at radius 1 is 1.47 bits per heavy atom. The van der Waals surface area contributed by atoms with Gasteiger partial charge < -0.3 is 4.74 Å². The number of benzene rings is 1. The van der Waals surface area contributed by atoms with Crippen LogP contribution in [0.5, 0.6) is 0 Å². The Morgan fingerprint density at radius 2 is 2.12 bits per heavy atom. The van der Waals surface area contributed by atoms with Crippen molar-refractivity contribution in [2.45, 2.75) is 26.4 Å². The highest BCUT2D eigenvalue weighted by Gasteiger charge is 2.22. The summed E-state index contributed by atoms with van der Waals surface area (Å²) in [7, 11) is 1.50. The standard InChI is InChI=1S/C13H16ClFO2/c1-8(2)13(17-3)11(16)7-9-5-4-6-10(15)12(9)14/h4-6,8,13H,7H2,1-3H3. The maximum Gasteiger partial charge on any atom is 0.166 e. The topological polar surface area (TPSA) is 26.3 Å². The molecule has 0 radical (unpaired) electrons. The summed E-state index contributed by atoms with van der Waals surface area (Å²) >= 11 is 5.80. The Morgan fingerprint density at radius 3 is 2.65 bits per heavy atom. The van der Waals surface area contributed by atoms with E-state index >= 15 is 0 Å². The molecule has 1 rings (SSSR count). The Bertz CT molecular complexity index is 404. The van der Waals surface area contributed by atoms with Crippen LogP contribution in [0.1, 0.15) is 19.4 Å². The van der Waals surface area contributed by atoms with E-state index in [2.05, 4.69) is 0 Å². The number of hydrogen-bond acceptors (Lipinski definition) is 2. The lowest BCUT2D eigenvalue weighted by Crippen LogP contribution is -2.30. The van der Waals surface area contributed by atoms with Gasteiger partial charge in [0.15, 0.2) is 5.78 Å². The van der Waals surface area contributed by atoms with Crippen LogP contribution in [-0.4, -0.2) is 19.0 Å². The first-order chi connectivity index (χ1) is 7.97. The number of methoxy groups -OCH3 is 1.